The third-order valence-corrected chi connectivity index (χ3v) is 4.13. The maximum Gasteiger partial charge on any atom is 0.240 e. The summed E-state index contributed by atoms with van der Waals surface area (Å²) in [6.45, 7) is 7.41. The Morgan fingerprint density at radius 1 is 1.15 bits per heavy atom. The van der Waals surface area contributed by atoms with Gasteiger partial charge in [0.1, 0.15) is 24.7 Å². The minimum Gasteiger partial charge on any atom is -0.486 e. The van der Waals surface area contributed by atoms with Gasteiger partial charge in [0.2, 0.25) is 5.91 Å². The van der Waals surface area contributed by atoms with E-state index in [2.05, 4.69) is 24.1 Å². The number of hydrogen-bond acceptors (Lipinski definition) is 3. The molecule has 3 aromatic rings. The fraction of sp³-hybridized carbons (Fsp3) is 0.333. The number of rotatable bonds is 7. The van der Waals surface area contributed by atoms with Crippen LogP contribution in [0.5, 0.6) is 5.75 Å². The first-order valence-electron chi connectivity index (χ1n) is 8.93. The number of carbonyl (C=O) groups excluding carboxylic acids is 1. The lowest BCUT2D eigenvalue weighted by Crippen LogP contribution is -2.31. The van der Waals surface area contributed by atoms with E-state index in [-0.39, 0.29) is 12.5 Å². The number of fused-ring (bicyclic) bond motifs is 1. The number of nitrogens with one attached hydrogen (secondary N) is 1. The Morgan fingerprint density at radius 2 is 1.88 bits per heavy atom. The number of amides is 1. The maximum absolute atomic E-state index is 12.3. The molecular formula is C21H25N3O2. The van der Waals surface area contributed by atoms with Gasteiger partial charge in [0, 0.05) is 6.54 Å². The Balaban J connectivity index is 1.79. The molecule has 26 heavy (non-hydrogen) atoms. The van der Waals surface area contributed by atoms with Crippen LogP contribution in [0.2, 0.25) is 0 Å². The molecule has 5 nitrogen and oxygen atoms in total. The van der Waals surface area contributed by atoms with Crippen molar-refractivity contribution in [3.05, 3.63) is 59.9 Å². The van der Waals surface area contributed by atoms with E-state index in [1.807, 2.05) is 60.0 Å². The molecular weight excluding hydrogens is 326 g/mol. The number of para-hydroxylation sites is 2. The number of hydrogen-bond donors (Lipinski definition) is 1. The van der Waals surface area contributed by atoms with Crippen molar-refractivity contribution in [2.75, 3.05) is 6.54 Å². The molecule has 0 saturated carbocycles. The van der Waals surface area contributed by atoms with Crippen LogP contribution in [0.15, 0.2) is 48.5 Å². The third-order valence-electron chi connectivity index (χ3n) is 4.13. The largest absolute Gasteiger partial charge is 0.486 e. The summed E-state index contributed by atoms with van der Waals surface area (Å²) in [6, 6.07) is 15.7. The summed E-state index contributed by atoms with van der Waals surface area (Å²) >= 11 is 0. The number of imidazole rings is 1. The first-order chi connectivity index (χ1) is 12.5. The minimum absolute atomic E-state index is 0.0153. The Kier molecular flexibility index (Phi) is 5.56. The molecule has 1 amide bonds. The van der Waals surface area contributed by atoms with Gasteiger partial charge in [0.25, 0.3) is 0 Å². The zero-order chi connectivity index (χ0) is 18.5. The summed E-state index contributed by atoms with van der Waals surface area (Å²) in [6.07, 6.45) is 0. The van der Waals surface area contributed by atoms with Crippen LogP contribution < -0.4 is 10.1 Å². The predicted octanol–water partition coefficient (Wildman–Crippen LogP) is 3.70. The quantitative estimate of drug-likeness (QED) is 0.706. The van der Waals surface area contributed by atoms with Crippen LogP contribution in [-0.4, -0.2) is 22.0 Å². The summed E-state index contributed by atoms with van der Waals surface area (Å²) in [5.74, 6) is 1.94. The summed E-state index contributed by atoms with van der Waals surface area (Å²) < 4.78 is 7.81. The molecule has 0 bridgehead atoms. The van der Waals surface area contributed by atoms with Crippen molar-refractivity contribution in [1.29, 1.82) is 0 Å². The van der Waals surface area contributed by atoms with Gasteiger partial charge >= 0.3 is 0 Å². The molecule has 2 aromatic carbocycles. The number of aromatic nitrogens is 2. The van der Waals surface area contributed by atoms with Crippen LogP contribution in [0.3, 0.4) is 0 Å². The molecule has 0 aliphatic carbocycles. The first-order valence-corrected chi connectivity index (χ1v) is 8.93. The second kappa shape index (κ2) is 8.04. The van der Waals surface area contributed by atoms with Crippen molar-refractivity contribution in [1.82, 2.24) is 14.9 Å². The van der Waals surface area contributed by atoms with Gasteiger partial charge in [-0.25, -0.2) is 4.98 Å². The van der Waals surface area contributed by atoms with Gasteiger partial charge in [-0.05, 0) is 37.1 Å². The molecule has 3 rings (SSSR count). The number of benzene rings is 2. The van der Waals surface area contributed by atoms with Gasteiger partial charge in [-0.1, -0.05) is 43.7 Å². The zero-order valence-electron chi connectivity index (χ0n) is 15.5. The molecule has 0 radical (unpaired) electrons. The molecule has 5 heteroatoms. The van der Waals surface area contributed by atoms with Crippen LogP contribution in [0.25, 0.3) is 11.0 Å². The molecule has 0 aliphatic rings. The van der Waals surface area contributed by atoms with E-state index >= 15 is 0 Å². The molecule has 0 fully saturated rings. The SMILES string of the molecule is Cc1ccc(OCc2nc3ccccc3n2CC(=O)NCC(C)C)cc1. The molecule has 136 valence electrons. The highest BCUT2D eigenvalue weighted by Crippen LogP contribution is 2.18. The molecule has 0 atom stereocenters. The van der Waals surface area contributed by atoms with Gasteiger partial charge < -0.3 is 14.6 Å². The topological polar surface area (TPSA) is 56.2 Å². The van der Waals surface area contributed by atoms with Gasteiger partial charge in [-0.3, -0.25) is 4.79 Å². The van der Waals surface area contributed by atoms with Crippen LogP contribution in [0.4, 0.5) is 0 Å². The fourth-order valence-electron chi connectivity index (χ4n) is 2.71. The lowest BCUT2D eigenvalue weighted by Gasteiger charge is -2.12. The van der Waals surface area contributed by atoms with Crippen molar-refractivity contribution in [2.24, 2.45) is 5.92 Å². The average Bonchev–Trinajstić information content (AvgIpc) is 2.97. The molecule has 1 aromatic heterocycles. The highest BCUT2D eigenvalue weighted by Gasteiger charge is 2.14. The smallest absolute Gasteiger partial charge is 0.240 e. The van der Waals surface area contributed by atoms with Gasteiger partial charge in [0.05, 0.1) is 11.0 Å². The second-order valence-electron chi connectivity index (χ2n) is 6.90. The number of carbonyl (C=O) groups is 1. The van der Waals surface area contributed by atoms with Gasteiger partial charge in [-0.15, -0.1) is 0 Å². The Labute approximate surface area is 154 Å². The van der Waals surface area contributed by atoms with E-state index in [1.165, 1.54) is 5.56 Å². The highest BCUT2D eigenvalue weighted by molar-refractivity contribution is 5.81. The molecule has 0 unspecified atom stereocenters. The zero-order valence-corrected chi connectivity index (χ0v) is 15.5. The van der Waals surface area contributed by atoms with E-state index < -0.39 is 0 Å². The third kappa shape index (κ3) is 4.42. The van der Waals surface area contributed by atoms with Crippen LogP contribution in [0.1, 0.15) is 25.2 Å². The van der Waals surface area contributed by atoms with E-state index in [1.54, 1.807) is 0 Å². The van der Waals surface area contributed by atoms with Gasteiger partial charge in [0.15, 0.2) is 0 Å². The van der Waals surface area contributed by atoms with Crippen LogP contribution >= 0.6 is 0 Å². The molecule has 0 aliphatic heterocycles. The summed E-state index contributed by atoms with van der Waals surface area (Å²) in [7, 11) is 0. The molecule has 1 N–H and O–H groups in total. The Morgan fingerprint density at radius 3 is 2.62 bits per heavy atom. The van der Waals surface area contributed by atoms with Crippen molar-refractivity contribution < 1.29 is 9.53 Å². The Bertz CT molecular complexity index is 882. The average molecular weight is 351 g/mol. The Hall–Kier alpha value is -2.82. The molecule has 0 saturated heterocycles. The van der Waals surface area contributed by atoms with Gasteiger partial charge in [-0.2, -0.15) is 0 Å². The van der Waals surface area contributed by atoms with E-state index in [9.17, 15) is 4.79 Å². The fourth-order valence-corrected chi connectivity index (χ4v) is 2.71. The minimum atomic E-state index is -0.0153. The number of aryl methyl sites for hydroxylation is 1. The van der Waals surface area contributed by atoms with Crippen molar-refractivity contribution in [3.63, 3.8) is 0 Å². The second-order valence-corrected chi connectivity index (χ2v) is 6.90. The highest BCUT2D eigenvalue weighted by atomic mass is 16.5. The van der Waals surface area contributed by atoms with E-state index in [0.29, 0.717) is 19.1 Å². The lowest BCUT2D eigenvalue weighted by atomic mass is 10.2. The normalized spacial score (nSPS) is 11.1. The lowest BCUT2D eigenvalue weighted by molar-refractivity contribution is -0.121. The maximum atomic E-state index is 12.3. The van der Waals surface area contributed by atoms with Crippen LogP contribution in [0, 0.1) is 12.8 Å². The van der Waals surface area contributed by atoms with Crippen LogP contribution in [-0.2, 0) is 17.9 Å². The summed E-state index contributed by atoms with van der Waals surface area (Å²) in [5.41, 5.74) is 2.99. The molecule has 1 heterocycles. The summed E-state index contributed by atoms with van der Waals surface area (Å²) in [4.78, 5) is 17.0. The van der Waals surface area contributed by atoms with Crippen molar-refractivity contribution >= 4 is 16.9 Å². The van der Waals surface area contributed by atoms with Crippen molar-refractivity contribution in [3.8, 4) is 5.75 Å². The first kappa shape index (κ1) is 18.0. The van der Waals surface area contributed by atoms with Crippen molar-refractivity contribution in [2.45, 2.75) is 33.9 Å². The standard InChI is InChI=1S/C21H25N3O2/c1-15(2)12-22-21(25)13-24-19-7-5-4-6-18(19)23-20(24)14-26-17-10-8-16(3)9-11-17/h4-11,15H,12-14H2,1-3H3,(H,22,25). The van der Waals surface area contributed by atoms with E-state index in [4.69, 9.17) is 4.74 Å². The predicted molar refractivity (Wildman–Crippen MR) is 103 cm³/mol. The molecule has 0 spiro atoms. The van der Waals surface area contributed by atoms with E-state index in [0.717, 1.165) is 22.6 Å². The summed E-state index contributed by atoms with van der Waals surface area (Å²) in [5, 5.41) is 2.96. The monoisotopic (exact) mass is 351 g/mol. The number of ether oxygens (including phenoxy) is 1. The number of nitrogens with zero attached hydrogens (tertiary/aromatic N) is 2.